The van der Waals surface area contributed by atoms with Crippen molar-refractivity contribution >= 4 is 46.4 Å². The van der Waals surface area contributed by atoms with E-state index in [-0.39, 0.29) is 11.8 Å². The fourth-order valence-corrected chi connectivity index (χ4v) is 4.84. The van der Waals surface area contributed by atoms with Crippen molar-refractivity contribution in [3.05, 3.63) is 94.0 Å². The predicted octanol–water partition coefficient (Wildman–Crippen LogP) is 5.35. The van der Waals surface area contributed by atoms with Crippen molar-refractivity contribution in [1.82, 2.24) is 0 Å². The second kappa shape index (κ2) is 7.68. The minimum absolute atomic E-state index is 0.307. The van der Waals surface area contributed by atoms with Gasteiger partial charge in [-0.1, -0.05) is 65.7 Å². The number of carbonyl (C=O) groups is 2. The molecule has 3 atom stereocenters. The molecule has 0 aliphatic carbocycles. The van der Waals surface area contributed by atoms with Gasteiger partial charge in [-0.2, -0.15) is 0 Å². The number of halogens is 2. The molecule has 3 aromatic rings. The van der Waals surface area contributed by atoms with Gasteiger partial charge in [0, 0.05) is 10.0 Å². The van der Waals surface area contributed by atoms with E-state index >= 15 is 0 Å². The third-order valence-electron chi connectivity index (χ3n) is 5.76. The Kier molecular flexibility index (Phi) is 4.97. The van der Waals surface area contributed by atoms with Crippen molar-refractivity contribution in [2.75, 3.05) is 9.96 Å². The number of para-hydroxylation sites is 2. The third kappa shape index (κ3) is 3.21. The second-order valence-electron chi connectivity index (χ2n) is 7.62. The summed E-state index contributed by atoms with van der Waals surface area (Å²) < 4.78 is 0. The van der Waals surface area contributed by atoms with Gasteiger partial charge in [-0.25, -0.2) is 9.96 Å². The molecule has 5 rings (SSSR count). The average molecular weight is 453 g/mol. The predicted molar refractivity (Wildman–Crippen MR) is 120 cm³/mol. The van der Waals surface area contributed by atoms with Gasteiger partial charge >= 0.3 is 0 Å². The van der Waals surface area contributed by atoms with Gasteiger partial charge in [-0.15, -0.1) is 0 Å². The van der Waals surface area contributed by atoms with Crippen LogP contribution in [0.3, 0.4) is 0 Å². The summed E-state index contributed by atoms with van der Waals surface area (Å²) in [5, 5.41) is 2.53. The summed E-state index contributed by atoms with van der Waals surface area (Å²) >= 11 is 12.6. The van der Waals surface area contributed by atoms with E-state index in [1.54, 1.807) is 29.3 Å². The molecule has 3 aromatic carbocycles. The summed E-state index contributed by atoms with van der Waals surface area (Å²) in [5.74, 6) is -1.43. The number of hydroxylamine groups is 1. The lowest BCUT2D eigenvalue weighted by Gasteiger charge is -2.29. The standard InChI is InChI=1S/C24H18Cl2N2O3/c1-14-7-5-6-10-19(14)27-23(29)20-21(17-12-11-15(25)13-18(17)26)28(31-22(20)24(27)30)16-8-3-2-4-9-16/h2-13,20-22H,1H3/t20-,21-,22-/m1/s1. The molecule has 0 N–H and O–H groups in total. The van der Waals surface area contributed by atoms with Crippen molar-refractivity contribution in [1.29, 1.82) is 0 Å². The number of imide groups is 1. The lowest BCUT2D eigenvalue weighted by molar-refractivity contribution is -0.126. The van der Waals surface area contributed by atoms with Gasteiger partial charge in [0.2, 0.25) is 5.91 Å². The Morgan fingerprint density at radius 3 is 2.29 bits per heavy atom. The van der Waals surface area contributed by atoms with E-state index < -0.39 is 18.1 Å². The van der Waals surface area contributed by atoms with Crippen molar-refractivity contribution in [2.45, 2.75) is 19.1 Å². The molecule has 0 spiro atoms. The first kappa shape index (κ1) is 20.1. The molecule has 156 valence electrons. The summed E-state index contributed by atoms with van der Waals surface area (Å²) in [5.41, 5.74) is 2.82. The van der Waals surface area contributed by atoms with Crippen LogP contribution in [0.25, 0.3) is 0 Å². The Labute approximate surface area is 189 Å². The van der Waals surface area contributed by atoms with Crippen LogP contribution in [0.4, 0.5) is 11.4 Å². The Morgan fingerprint density at radius 2 is 1.58 bits per heavy atom. The minimum Gasteiger partial charge on any atom is -0.273 e. The number of fused-ring (bicyclic) bond motifs is 1. The van der Waals surface area contributed by atoms with Crippen LogP contribution in [0.2, 0.25) is 10.0 Å². The van der Waals surface area contributed by atoms with Crippen LogP contribution in [-0.2, 0) is 14.4 Å². The normalized spacial score (nSPS) is 22.9. The summed E-state index contributed by atoms with van der Waals surface area (Å²) in [6.45, 7) is 1.87. The molecule has 0 unspecified atom stereocenters. The van der Waals surface area contributed by atoms with Crippen LogP contribution in [-0.4, -0.2) is 17.9 Å². The number of hydrogen-bond donors (Lipinski definition) is 0. The van der Waals surface area contributed by atoms with Gasteiger partial charge < -0.3 is 0 Å². The smallest absolute Gasteiger partial charge is 0.266 e. The molecule has 0 bridgehead atoms. The van der Waals surface area contributed by atoms with Crippen LogP contribution in [0.1, 0.15) is 17.2 Å². The van der Waals surface area contributed by atoms with E-state index in [1.165, 1.54) is 4.90 Å². The Bertz CT molecular complexity index is 1180. The van der Waals surface area contributed by atoms with E-state index in [9.17, 15) is 9.59 Å². The quantitative estimate of drug-likeness (QED) is 0.502. The molecule has 0 aromatic heterocycles. The number of hydrogen-bond acceptors (Lipinski definition) is 4. The molecule has 2 heterocycles. The first-order chi connectivity index (χ1) is 15.0. The maximum Gasteiger partial charge on any atom is 0.266 e. The molecule has 31 heavy (non-hydrogen) atoms. The van der Waals surface area contributed by atoms with Gasteiger partial charge in [-0.3, -0.25) is 14.4 Å². The molecular weight excluding hydrogens is 435 g/mol. The zero-order valence-corrected chi connectivity index (χ0v) is 18.0. The molecule has 7 heteroatoms. The lowest BCUT2D eigenvalue weighted by Crippen LogP contribution is -2.37. The van der Waals surface area contributed by atoms with Crippen molar-refractivity contribution in [3.8, 4) is 0 Å². The van der Waals surface area contributed by atoms with Gasteiger partial charge in [0.1, 0.15) is 5.92 Å². The molecule has 2 fully saturated rings. The zero-order chi connectivity index (χ0) is 21.7. The van der Waals surface area contributed by atoms with Crippen molar-refractivity contribution < 1.29 is 14.4 Å². The number of rotatable bonds is 3. The SMILES string of the molecule is Cc1ccccc1N1C(=O)[C@@H]2[C@@H](c3ccc(Cl)cc3Cl)N(c3ccccc3)O[C@H]2C1=O. The lowest BCUT2D eigenvalue weighted by atomic mass is 9.90. The van der Waals surface area contributed by atoms with E-state index in [0.29, 0.717) is 21.3 Å². The molecule has 2 aliphatic heterocycles. The first-order valence-corrected chi connectivity index (χ1v) is 10.6. The fourth-order valence-electron chi connectivity index (χ4n) is 4.32. The van der Waals surface area contributed by atoms with Crippen LogP contribution >= 0.6 is 23.2 Å². The third-order valence-corrected chi connectivity index (χ3v) is 6.33. The van der Waals surface area contributed by atoms with E-state index in [4.69, 9.17) is 28.0 Å². The maximum atomic E-state index is 13.6. The molecule has 0 saturated carbocycles. The molecule has 0 radical (unpaired) electrons. The highest BCUT2D eigenvalue weighted by Gasteiger charge is 2.60. The van der Waals surface area contributed by atoms with Crippen LogP contribution in [0.5, 0.6) is 0 Å². The van der Waals surface area contributed by atoms with Gasteiger partial charge in [0.05, 0.1) is 17.4 Å². The number of benzene rings is 3. The monoisotopic (exact) mass is 452 g/mol. The number of anilines is 2. The Morgan fingerprint density at radius 1 is 0.871 bits per heavy atom. The molecule has 2 amide bonds. The number of aryl methyl sites for hydroxylation is 1. The van der Waals surface area contributed by atoms with Crippen LogP contribution in [0.15, 0.2) is 72.8 Å². The van der Waals surface area contributed by atoms with E-state index in [1.807, 2.05) is 55.5 Å². The Hall–Kier alpha value is -2.86. The highest BCUT2D eigenvalue weighted by Crippen LogP contribution is 2.49. The van der Waals surface area contributed by atoms with Gasteiger partial charge in [-0.05, 0) is 48.4 Å². The van der Waals surface area contributed by atoms with Crippen LogP contribution < -0.4 is 9.96 Å². The highest BCUT2D eigenvalue weighted by molar-refractivity contribution is 6.35. The molecule has 2 aliphatic rings. The Balaban J connectivity index is 1.63. The maximum absolute atomic E-state index is 13.6. The average Bonchev–Trinajstić information content (AvgIpc) is 3.26. The summed E-state index contributed by atoms with van der Waals surface area (Å²) in [6, 6.07) is 21.2. The van der Waals surface area contributed by atoms with E-state index in [0.717, 1.165) is 11.3 Å². The van der Waals surface area contributed by atoms with Crippen molar-refractivity contribution in [3.63, 3.8) is 0 Å². The van der Waals surface area contributed by atoms with Gasteiger partial charge in [0.15, 0.2) is 6.10 Å². The van der Waals surface area contributed by atoms with Crippen molar-refractivity contribution in [2.24, 2.45) is 5.92 Å². The summed E-state index contributed by atoms with van der Waals surface area (Å²) in [6.07, 6.45) is -0.941. The number of carbonyl (C=O) groups excluding carboxylic acids is 2. The largest absolute Gasteiger partial charge is 0.273 e. The molecule has 5 nitrogen and oxygen atoms in total. The number of amides is 2. The topological polar surface area (TPSA) is 49.9 Å². The molecular formula is C24H18Cl2N2O3. The fraction of sp³-hybridized carbons (Fsp3) is 0.167. The minimum atomic E-state index is -0.941. The van der Waals surface area contributed by atoms with E-state index in [2.05, 4.69) is 0 Å². The molecule has 2 saturated heterocycles. The number of nitrogens with zero attached hydrogens (tertiary/aromatic N) is 2. The second-order valence-corrected chi connectivity index (χ2v) is 8.47. The summed E-state index contributed by atoms with van der Waals surface area (Å²) in [7, 11) is 0. The van der Waals surface area contributed by atoms with Crippen LogP contribution in [0, 0.1) is 12.8 Å². The first-order valence-electron chi connectivity index (χ1n) is 9.87. The zero-order valence-electron chi connectivity index (χ0n) is 16.5. The summed E-state index contributed by atoms with van der Waals surface area (Å²) in [4.78, 5) is 34.3. The van der Waals surface area contributed by atoms with Gasteiger partial charge in [0.25, 0.3) is 5.91 Å². The highest BCUT2D eigenvalue weighted by atomic mass is 35.5.